The van der Waals surface area contributed by atoms with Gasteiger partial charge in [-0.3, -0.25) is 14.9 Å². The van der Waals surface area contributed by atoms with Crippen LogP contribution in [0.4, 0.5) is 5.13 Å². The van der Waals surface area contributed by atoms with Crippen LogP contribution in [0.2, 0.25) is 5.02 Å². The monoisotopic (exact) mass is 439 g/mol. The second-order valence-electron chi connectivity index (χ2n) is 6.78. The Labute approximate surface area is 171 Å². The fraction of sp³-hybridized carbons (Fsp3) is 0.389. The lowest BCUT2D eigenvalue weighted by molar-refractivity contribution is 0.0975. The molecule has 1 aromatic heterocycles. The molecule has 148 valence electrons. The number of Topliss-reactive ketones (excluding diaryl/α,β-unsaturated/α-hetero) is 1. The highest BCUT2D eigenvalue weighted by Crippen LogP contribution is 2.31. The number of hydrogen-bond donors (Lipinski definition) is 1. The van der Waals surface area contributed by atoms with Gasteiger partial charge in [0.05, 0.1) is 26.1 Å². The van der Waals surface area contributed by atoms with Gasteiger partial charge in [-0.1, -0.05) is 22.9 Å². The van der Waals surface area contributed by atoms with E-state index in [2.05, 4.69) is 10.3 Å². The summed E-state index contributed by atoms with van der Waals surface area (Å²) >= 11 is 7.29. The predicted molar refractivity (Wildman–Crippen MR) is 107 cm³/mol. The highest BCUT2D eigenvalue weighted by molar-refractivity contribution is 7.89. The Hall–Kier alpha value is -1.81. The summed E-state index contributed by atoms with van der Waals surface area (Å²) in [7, 11) is -3.66. The van der Waals surface area contributed by atoms with Crippen molar-refractivity contribution in [3.8, 4) is 0 Å². The van der Waals surface area contributed by atoms with Crippen LogP contribution >= 0.6 is 22.9 Å². The number of nitrogens with zero attached hydrogens (tertiary/aromatic N) is 2. The summed E-state index contributed by atoms with van der Waals surface area (Å²) in [6.07, 6.45) is 3.61. The van der Waals surface area contributed by atoms with Gasteiger partial charge < -0.3 is 0 Å². The maximum absolute atomic E-state index is 12.8. The van der Waals surface area contributed by atoms with Crippen LogP contribution in [0.5, 0.6) is 0 Å². The summed E-state index contributed by atoms with van der Waals surface area (Å²) in [4.78, 5) is 29.6. The Morgan fingerprint density at radius 2 is 1.93 bits per heavy atom. The molecule has 4 rings (SSSR count). The normalized spacial score (nSPS) is 17.5. The first-order chi connectivity index (χ1) is 13.4. The van der Waals surface area contributed by atoms with E-state index in [9.17, 15) is 18.0 Å². The molecular weight excluding hydrogens is 422 g/mol. The lowest BCUT2D eigenvalue weighted by Crippen LogP contribution is -2.28. The SMILES string of the molecule is O=C(Nc1nc2c(s1)C(=O)CCC2)c1cc(S(=O)(=O)N2CCCC2)ccc1Cl. The van der Waals surface area contributed by atoms with Gasteiger partial charge in [-0.2, -0.15) is 4.31 Å². The topological polar surface area (TPSA) is 96.4 Å². The first kappa shape index (κ1) is 19.5. The fourth-order valence-corrected chi connectivity index (χ4v) is 6.12. The van der Waals surface area contributed by atoms with Crippen molar-refractivity contribution in [1.29, 1.82) is 0 Å². The standard InChI is InChI=1S/C18H18ClN3O4S2/c19-13-7-6-11(28(25,26)22-8-1-2-9-22)10-12(13)17(24)21-18-20-14-4-3-5-15(23)16(14)27-18/h6-7,10H,1-5,8-9H2,(H,20,21,24). The van der Waals surface area contributed by atoms with Crippen molar-refractivity contribution in [2.75, 3.05) is 18.4 Å². The van der Waals surface area contributed by atoms with E-state index >= 15 is 0 Å². The number of fused-ring (bicyclic) bond motifs is 1. The van der Waals surface area contributed by atoms with Crippen LogP contribution in [0.15, 0.2) is 23.1 Å². The third-order valence-electron chi connectivity index (χ3n) is 4.87. The molecule has 7 nitrogen and oxygen atoms in total. The molecule has 2 aliphatic rings. The van der Waals surface area contributed by atoms with Gasteiger partial charge in [-0.25, -0.2) is 13.4 Å². The molecule has 1 aliphatic heterocycles. The lowest BCUT2D eigenvalue weighted by Gasteiger charge is -2.16. The Kier molecular flexibility index (Phi) is 5.26. The molecule has 0 radical (unpaired) electrons. The van der Waals surface area contributed by atoms with E-state index in [0.717, 1.165) is 30.6 Å². The molecule has 2 heterocycles. The first-order valence-corrected chi connectivity index (χ1v) is 11.6. The van der Waals surface area contributed by atoms with Crippen LogP contribution in [0.3, 0.4) is 0 Å². The van der Waals surface area contributed by atoms with E-state index in [-0.39, 0.29) is 21.3 Å². The Morgan fingerprint density at radius 3 is 2.64 bits per heavy atom. The van der Waals surface area contributed by atoms with E-state index < -0.39 is 15.9 Å². The van der Waals surface area contributed by atoms with Crippen molar-refractivity contribution in [3.05, 3.63) is 39.4 Å². The van der Waals surface area contributed by atoms with Gasteiger partial charge >= 0.3 is 0 Å². The van der Waals surface area contributed by atoms with Crippen LogP contribution in [-0.2, 0) is 16.4 Å². The molecule has 1 N–H and O–H groups in total. The first-order valence-electron chi connectivity index (χ1n) is 9.00. The smallest absolute Gasteiger partial charge is 0.259 e. The van der Waals surface area contributed by atoms with Crippen LogP contribution < -0.4 is 5.32 Å². The number of carbonyl (C=O) groups is 2. The summed E-state index contributed by atoms with van der Waals surface area (Å²) in [6.45, 7) is 0.955. The summed E-state index contributed by atoms with van der Waals surface area (Å²) < 4.78 is 26.9. The van der Waals surface area contributed by atoms with Crippen molar-refractivity contribution < 1.29 is 18.0 Å². The van der Waals surface area contributed by atoms with Crippen molar-refractivity contribution in [1.82, 2.24) is 9.29 Å². The molecule has 1 amide bonds. The van der Waals surface area contributed by atoms with Crippen LogP contribution in [0.25, 0.3) is 0 Å². The zero-order valence-corrected chi connectivity index (χ0v) is 17.3. The number of carbonyl (C=O) groups excluding carboxylic acids is 2. The second kappa shape index (κ2) is 7.55. The molecule has 0 saturated carbocycles. The summed E-state index contributed by atoms with van der Waals surface area (Å²) in [5.41, 5.74) is 0.759. The van der Waals surface area contributed by atoms with E-state index in [0.29, 0.717) is 41.6 Å². The summed E-state index contributed by atoms with van der Waals surface area (Å²) in [5, 5.41) is 3.11. The highest BCUT2D eigenvalue weighted by atomic mass is 35.5. The van der Waals surface area contributed by atoms with Crippen LogP contribution in [0.1, 0.15) is 51.4 Å². The Morgan fingerprint density at radius 1 is 1.18 bits per heavy atom. The number of aryl methyl sites for hydroxylation is 1. The van der Waals surface area contributed by atoms with Gasteiger partial charge in [0, 0.05) is 19.5 Å². The lowest BCUT2D eigenvalue weighted by atomic mass is 10.0. The largest absolute Gasteiger partial charge is 0.298 e. The average molecular weight is 440 g/mol. The van der Waals surface area contributed by atoms with Crippen LogP contribution in [0, 0.1) is 0 Å². The zero-order valence-electron chi connectivity index (χ0n) is 14.9. The maximum atomic E-state index is 12.8. The van der Waals surface area contributed by atoms with Gasteiger partial charge in [0.2, 0.25) is 10.0 Å². The van der Waals surface area contributed by atoms with Crippen LogP contribution in [-0.4, -0.2) is 42.5 Å². The van der Waals surface area contributed by atoms with Crippen molar-refractivity contribution >= 4 is 49.8 Å². The minimum Gasteiger partial charge on any atom is -0.298 e. The van der Waals surface area contributed by atoms with Gasteiger partial charge in [-0.05, 0) is 43.9 Å². The van der Waals surface area contributed by atoms with Gasteiger partial charge in [0.25, 0.3) is 5.91 Å². The predicted octanol–water partition coefficient (Wildman–Crippen LogP) is 3.35. The number of rotatable bonds is 4. The zero-order chi connectivity index (χ0) is 19.9. The number of sulfonamides is 1. The minimum atomic E-state index is -3.66. The number of halogens is 1. The van der Waals surface area contributed by atoms with Gasteiger partial charge in [0.1, 0.15) is 0 Å². The molecule has 0 unspecified atom stereocenters. The molecule has 28 heavy (non-hydrogen) atoms. The average Bonchev–Trinajstić information content (AvgIpc) is 3.32. The van der Waals surface area contributed by atoms with Gasteiger partial charge in [0.15, 0.2) is 10.9 Å². The molecular formula is C18H18ClN3O4S2. The number of benzene rings is 1. The molecule has 10 heteroatoms. The third-order valence-corrected chi connectivity index (χ3v) is 8.15. The van der Waals surface area contributed by atoms with Crippen molar-refractivity contribution in [3.63, 3.8) is 0 Å². The van der Waals surface area contributed by atoms with Gasteiger partial charge in [-0.15, -0.1) is 0 Å². The van der Waals surface area contributed by atoms with Crippen molar-refractivity contribution in [2.24, 2.45) is 0 Å². The van der Waals surface area contributed by atoms with E-state index in [4.69, 9.17) is 11.6 Å². The van der Waals surface area contributed by atoms with E-state index in [1.165, 1.54) is 22.5 Å². The number of nitrogens with one attached hydrogen (secondary N) is 1. The fourth-order valence-electron chi connectivity index (χ4n) is 3.40. The number of aromatic nitrogens is 1. The quantitative estimate of drug-likeness (QED) is 0.787. The maximum Gasteiger partial charge on any atom is 0.259 e. The Balaban J connectivity index is 1.60. The molecule has 0 bridgehead atoms. The van der Waals surface area contributed by atoms with Crippen molar-refractivity contribution in [2.45, 2.75) is 37.0 Å². The number of ketones is 1. The number of thiazole rings is 1. The van der Waals surface area contributed by atoms with E-state index in [1.54, 1.807) is 0 Å². The molecule has 1 saturated heterocycles. The minimum absolute atomic E-state index is 0.0379. The molecule has 0 spiro atoms. The third kappa shape index (κ3) is 3.59. The molecule has 2 aromatic rings. The summed E-state index contributed by atoms with van der Waals surface area (Å²) in [5.74, 6) is -0.516. The molecule has 1 fully saturated rings. The highest BCUT2D eigenvalue weighted by Gasteiger charge is 2.29. The molecule has 0 atom stereocenters. The van der Waals surface area contributed by atoms with E-state index in [1.807, 2.05) is 0 Å². The molecule has 1 aliphatic carbocycles. The summed E-state index contributed by atoms with van der Waals surface area (Å²) in [6, 6.07) is 4.12. The number of anilines is 1. The number of amides is 1. The second-order valence-corrected chi connectivity index (χ2v) is 10.1. The number of hydrogen-bond acceptors (Lipinski definition) is 6. The Bertz CT molecular complexity index is 1060. The molecule has 1 aromatic carbocycles.